The lowest BCUT2D eigenvalue weighted by atomic mass is 9.87. The van der Waals surface area contributed by atoms with E-state index in [4.69, 9.17) is 0 Å². The predicted molar refractivity (Wildman–Crippen MR) is 64.2 cm³/mol. The van der Waals surface area contributed by atoms with Gasteiger partial charge in [-0.3, -0.25) is 0 Å². The van der Waals surface area contributed by atoms with E-state index in [9.17, 15) is 4.79 Å². The first-order valence-electron chi connectivity index (χ1n) is 5.85. The third-order valence-corrected chi connectivity index (χ3v) is 3.73. The van der Waals surface area contributed by atoms with Gasteiger partial charge >= 0.3 is 0 Å². The molecule has 2 heteroatoms. The summed E-state index contributed by atoms with van der Waals surface area (Å²) in [5.74, 6) is 0. The lowest BCUT2D eigenvalue weighted by molar-refractivity contribution is 0.455. The normalized spacial score (nSPS) is 18.1. The van der Waals surface area contributed by atoms with Gasteiger partial charge in [0.05, 0.1) is 5.54 Å². The number of rotatable bonds is 2. The lowest BCUT2D eigenvalue weighted by Gasteiger charge is -2.23. The maximum Gasteiger partial charge on any atom is 0.235 e. The summed E-state index contributed by atoms with van der Waals surface area (Å²) in [6.07, 6.45) is 6.01. The SMILES string of the molecule is Cc1ccc(C2(N=C=O)CCCC2)cc1C. The molecular formula is C14H17NO. The molecule has 2 rings (SSSR count). The molecule has 1 fully saturated rings. The molecule has 0 saturated heterocycles. The van der Waals surface area contributed by atoms with Gasteiger partial charge in [-0.2, -0.15) is 4.99 Å². The largest absolute Gasteiger partial charge is 0.235 e. The van der Waals surface area contributed by atoms with Crippen LogP contribution in [0.3, 0.4) is 0 Å². The zero-order chi connectivity index (χ0) is 11.6. The Morgan fingerprint density at radius 1 is 1.19 bits per heavy atom. The molecule has 1 aliphatic carbocycles. The quantitative estimate of drug-likeness (QED) is 0.549. The molecular weight excluding hydrogens is 198 g/mol. The highest BCUT2D eigenvalue weighted by Crippen LogP contribution is 2.42. The van der Waals surface area contributed by atoms with Crippen LogP contribution in [-0.4, -0.2) is 6.08 Å². The smallest absolute Gasteiger partial charge is 0.211 e. The molecule has 0 aromatic heterocycles. The minimum Gasteiger partial charge on any atom is -0.211 e. The van der Waals surface area contributed by atoms with Crippen molar-refractivity contribution in [3.05, 3.63) is 34.9 Å². The number of aryl methyl sites for hydroxylation is 2. The highest BCUT2D eigenvalue weighted by atomic mass is 16.1. The van der Waals surface area contributed by atoms with Crippen LogP contribution in [0.15, 0.2) is 23.2 Å². The van der Waals surface area contributed by atoms with E-state index in [1.165, 1.54) is 16.7 Å². The van der Waals surface area contributed by atoms with E-state index in [-0.39, 0.29) is 5.54 Å². The summed E-state index contributed by atoms with van der Waals surface area (Å²) in [5.41, 5.74) is 3.45. The van der Waals surface area contributed by atoms with Crippen molar-refractivity contribution in [1.29, 1.82) is 0 Å². The van der Waals surface area contributed by atoms with E-state index >= 15 is 0 Å². The molecule has 0 radical (unpaired) electrons. The number of carbonyl (C=O) groups excluding carboxylic acids is 1. The van der Waals surface area contributed by atoms with Crippen molar-refractivity contribution in [1.82, 2.24) is 0 Å². The van der Waals surface area contributed by atoms with Crippen LogP contribution in [0.4, 0.5) is 0 Å². The Kier molecular flexibility index (Phi) is 2.93. The average molecular weight is 215 g/mol. The van der Waals surface area contributed by atoms with E-state index < -0.39 is 0 Å². The zero-order valence-electron chi connectivity index (χ0n) is 9.92. The van der Waals surface area contributed by atoms with Crippen LogP contribution in [0.1, 0.15) is 42.4 Å². The fraction of sp³-hybridized carbons (Fsp3) is 0.500. The Bertz CT molecular complexity index is 438. The molecule has 0 spiro atoms. The first-order chi connectivity index (χ1) is 7.68. The van der Waals surface area contributed by atoms with Crippen molar-refractivity contribution in [2.45, 2.75) is 45.1 Å². The van der Waals surface area contributed by atoms with Crippen molar-refractivity contribution in [3.63, 3.8) is 0 Å². The number of hydrogen-bond acceptors (Lipinski definition) is 2. The molecule has 2 nitrogen and oxygen atoms in total. The van der Waals surface area contributed by atoms with Gasteiger partial charge in [-0.15, -0.1) is 0 Å². The lowest BCUT2D eigenvalue weighted by Crippen LogP contribution is -2.19. The van der Waals surface area contributed by atoms with Gasteiger partial charge in [-0.1, -0.05) is 31.0 Å². The molecule has 1 aromatic carbocycles. The van der Waals surface area contributed by atoms with Crippen LogP contribution in [0, 0.1) is 13.8 Å². The number of nitrogens with zero attached hydrogens (tertiary/aromatic N) is 1. The number of hydrogen-bond donors (Lipinski definition) is 0. The summed E-state index contributed by atoms with van der Waals surface area (Å²) in [5, 5.41) is 0. The zero-order valence-corrected chi connectivity index (χ0v) is 9.92. The third-order valence-electron chi connectivity index (χ3n) is 3.73. The van der Waals surface area contributed by atoms with Gasteiger partial charge in [0.1, 0.15) is 0 Å². The van der Waals surface area contributed by atoms with Crippen LogP contribution in [0.25, 0.3) is 0 Å². The van der Waals surface area contributed by atoms with Crippen LogP contribution >= 0.6 is 0 Å². The molecule has 1 aliphatic rings. The number of aliphatic imine (C=N–C) groups is 1. The predicted octanol–water partition coefficient (Wildman–Crippen LogP) is 3.41. The van der Waals surface area contributed by atoms with Crippen molar-refractivity contribution in [2.24, 2.45) is 4.99 Å². The summed E-state index contributed by atoms with van der Waals surface area (Å²) >= 11 is 0. The molecule has 0 N–H and O–H groups in total. The first kappa shape index (κ1) is 11.1. The Labute approximate surface area is 96.4 Å². The third kappa shape index (κ3) is 1.81. The Hall–Kier alpha value is -1.40. The van der Waals surface area contributed by atoms with Gasteiger partial charge in [0, 0.05) is 0 Å². The molecule has 1 saturated carbocycles. The topological polar surface area (TPSA) is 29.4 Å². The Morgan fingerprint density at radius 2 is 1.88 bits per heavy atom. The molecule has 84 valence electrons. The van der Waals surface area contributed by atoms with Crippen LogP contribution < -0.4 is 0 Å². The van der Waals surface area contributed by atoms with Crippen molar-refractivity contribution < 1.29 is 4.79 Å². The van der Waals surface area contributed by atoms with Crippen LogP contribution in [0.2, 0.25) is 0 Å². The second-order valence-corrected chi connectivity index (χ2v) is 4.74. The molecule has 0 atom stereocenters. The Balaban J connectivity index is 2.47. The van der Waals surface area contributed by atoms with Gasteiger partial charge < -0.3 is 0 Å². The summed E-state index contributed by atoms with van der Waals surface area (Å²) in [4.78, 5) is 14.7. The summed E-state index contributed by atoms with van der Waals surface area (Å²) in [7, 11) is 0. The number of isocyanates is 1. The summed E-state index contributed by atoms with van der Waals surface area (Å²) in [6.45, 7) is 4.20. The maximum atomic E-state index is 10.6. The molecule has 16 heavy (non-hydrogen) atoms. The summed E-state index contributed by atoms with van der Waals surface area (Å²) in [6, 6.07) is 6.39. The van der Waals surface area contributed by atoms with Gasteiger partial charge in [-0.05, 0) is 43.4 Å². The van der Waals surface area contributed by atoms with Crippen LogP contribution in [0.5, 0.6) is 0 Å². The monoisotopic (exact) mass is 215 g/mol. The number of benzene rings is 1. The standard InChI is InChI=1S/C14H17NO/c1-11-5-6-13(9-12(11)2)14(15-10-16)7-3-4-8-14/h5-6,9H,3-4,7-8H2,1-2H3. The van der Waals surface area contributed by atoms with Gasteiger partial charge in [0.25, 0.3) is 0 Å². The average Bonchev–Trinajstić information content (AvgIpc) is 2.72. The minimum absolute atomic E-state index is 0.278. The maximum absolute atomic E-state index is 10.6. The molecule has 0 bridgehead atoms. The fourth-order valence-electron chi connectivity index (χ4n) is 2.54. The fourth-order valence-corrected chi connectivity index (χ4v) is 2.54. The van der Waals surface area contributed by atoms with Gasteiger partial charge in [0.2, 0.25) is 6.08 Å². The molecule has 0 amide bonds. The summed E-state index contributed by atoms with van der Waals surface area (Å²) < 4.78 is 0. The van der Waals surface area contributed by atoms with Crippen molar-refractivity contribution in [2.75, 3.05) is 0 Å². The first-order valence-corrected chi connectivity index (χ1v) is 5.85. The van der Waals surface area contributed by atoms with Gasteiger partial charge in [-0.25, -0.2) is 4.79 Å². The molecule has 0 heterocycles. The minimum atomic E-state index is -0.278. The van der Waals surface area contributed by atoms with E-state index in [0.29, 0.717) is 0 Å². The molecule has 1 aromatic rings. The second-order valence-electron chi connectivity index (χ2n) is 4.74. The van der Waals surface area contributed by atoms with E-state index in [1.54, 1.807) is 6.08 Å². The van der Waals surface area contributed by atoms with E-state index in [2.05, 4.69) is 37.0 Å². The highest BCUT2D eigenvalue weighted by Gasteiger charge is 2.35. The van der Waals surface area contributed by atoms with Crippen LogP contribution in [-0.2, 0) is 10.3 Å². The van der Waals surface area contributed by atoms with Gasteiger partial charge in [0.15, 0.2) is 0 Å². The Morgan fingerprint density at radius 3 is 2.44 bits per heavy atom. The highest BCUT2D eigenvalue weighted by molar-refractivity contribution is 5.41. The van der Waals surface area contributed by atoms with E-state index in [0.717, 1.165) is 25.7 Å². The second kappa shape index (κ2) is 4.23. The van der Waals surface area contributed by atoms with Crippen molar-refractivity contribution >= 4 is 6.08 Å². The van der Waals surface area contributed by atoms with Crippen molar-refractivity contribution in [3.8, 4) is 0 Å². The van der Waals surface area contributed by atoms with E-state index in [1.807, 2.05) is 0 Å². The molecule has 0 unspecified atom stereocenters. The molecule has 0 aliphatic heterocycles.